The lowest BCUT2D eigenvalue weighted by Gasteiger charge is -2.54. The van der Waals surface area contributed by atoms with E-state index in [0.717, 1.165) is 64.2 Å². The van der Waals surface area contributed by atoms with Crippen molar-refractivity contribution in [1.82, 2.24) is 0 Å². The van der Waals surface area contributed by atoms with E-state index in [1.54, 1.807) is 0 Å². The number of Topliss-reactive ketones (excluding diaryl/α,β-unsaturated/α-hetero) is 1. The molecule has 2 aliphatic rings. The number of ether oxygens (including phenoxy) is 6. The Hall–Kier alpha value is -0.610. The molecule has 0 bridgehead atoms. The van der Waals surface area contributed by atoms with E-state index in [2.05, 4.69) is 111 Å². The van der Waals surface area contributed by atoms with E-state index in [1.807, 2.05) is 13.8 Å². The Morgan fingerprint density at radius 1 is 0.661 bits per heavy atom. The Kier molecular flexibility index (Phi) is 22.2. The summed E-state index contributed by atoms with van der Waals surface area (Å²) < 4.78 is 41.8. The normalized spacial score (nSPS) is 28.5. The SMILES string of the molecule is CCCCCCCCCCCC(=O)C(C)(OCCC(C)(C)CCC)OC1(C)CCOC(C)(C)C(CC)C2CCC(C)(C(C)(C)OCCC(C)(C)N)C2C(C)(C)OCCC(C)(C)O1. The summed E-state index contributed by atoms with van der Waals surface area (Å²) in [6.07, 6.45) is 19.2. The van der Waals surface area contributed by atoms with Gasteiger partial charge in [0.15, 0.2) is 11.6 Å². The third kappa shape index (κ3) is 17.6. The van der Waals surface area contributed by atoms with Crippen molar-refractivity contribution in [2.45, 2.75) is 286 Å². The highest BCUT2D eigenvalue weighted by molar-refractivity contribution is 5.85. The molecule has 1 aliphatic carbocycles. The minimum absolute atomic E-state index is 0.0119. The van der Waals surface area contributed by atoms with Crippen LogP contribution in [0.25, 0.3) is 0 Å². The number of rotatable bonds is 25. The Balaban J connectivity index is 2.45. The number of ketones is 1. The van der Waals surface area contributed by atoms with Gasteiger partial charge in [0.05, 0.1) is 42.2 Å². The molecule has 1 heterocycles. The van der Waals surface area contributed by atoms with Crippen molar-refractivity contribution in [1.29, 1.82) is 0 Å². The first-order valence-corrected chi connectivity index (χ1v) is 25.7. The van der Waals surface area contributed by atoms with Gasteiger partial charge < -0.3 is 34.2 Å². The first-order valence-electron chi connectivity index (χ1n) is 25.7. The first-order chi connectivity index (χ1) is 28.4. The zero-order valence-electron chi connectivity index (χ0n) is 44.4. The van der Waals surface area contributed by atoms with Crippen LogP contribution in [0.4, 0.5) is 0 Å². The van der Waals surface area contributed by atoms with Crippen LogP contribution < -0.4 is 5.73 Å². The lowest BCUT2D eigenvalue weighted by Crippen LogP contribution is -2.57. The molecule has 2 fully saturated rings. The van der Waals surface area contributed by atoms with Crippen LogP contribution in [0, 0.1) is 28.6 Å². The Bertz CT molecular complexity index is 1300. The number of unbranched alkanes of at least 4 members (excludes halogenated alkanes) is 8. The maximum atomic E-state index is 14.4. The van der Waals surface area contributed by atoms with Gasteiger partial charge in [0.2, 0.25) is 5.79 Å². The number of fused-ring (bicyclic) bond motifs is 1. The molecule has 0 radical (unpaired) electrons. The minimum Gasteiger partial charge on any atom is -0.375 e. The molecule has 6 atom stereocenters. The third-order valence-electron chi connectivity index (χ3n) is 15.5. The lowest BCUT2D eigenvalue weighted by atomic mass is 9.58. The van der Waals surface area contributed by atoms with E-state index in [4.69, 9.17) is 34.2 Å². The Morgan fingerprint density at radius 3 is 1.77 bits per heavy atom. The van der Waals surface area contributed by atoms with Crippen molar-refractivity contribution >= 4 is 5.78 Å². The molecule has 1 saturated heterocycles. The average molecular weight is 880 g/mol. The molecular weight excluding hydrogens is 775 g/mol. The molecular formula is C54H105NO7. The van der Waals surface area contributed by atoms with Crippen LogP contribution in [0.5, 0.6) is 0 Å². The number of hydrogen-bond donors (Lipinski definition) is 1. The van der Waals surface area contributed by atoms with Crippen molar-refractivity contribution < 1.29 is 33.2 Å². The topological polar surface area (TPSA) is 98.5 Å². The number of hydrogen-bond acceptors (Lipinski definition) is 8. The molecule has 0 amide bonds. The molecule has 368 valence electrons. The maximum absolute atomic E-state index is 14.4. The van der Waals surface area contributed by atoms with E-state index in [-0.39, 0.29) is 34.0 Å². The molecule has 62 heavy (non-hydrogen) atoms. The molecule has 1 aliphatic heterocycles. The molecule has 8 heteroatoms. The highest BCUT2D eigenvalue weighted by Gasteiger charge is 2.62. The summed E-state index contributed by atoms with van der Waals surface area (Å²) in [5, 5.41) is 0. The second-order valence-corrected chi connectivity index (χ2v) is 24.2. The van der Waals surface area contributed by atoms with Crippen molar-refractivity contribution in [3.63, 3.8) is 0 Å². The standard InChI is InChI=1S/C54H105NO7/c1-19-22-23-24-25-26-27-28-29-30-44(56)54(18,60-38-34-46(4,5)32-20-2)62-53(17)37-41-57-49(10,11)43(21-3)42-31-33-52(16,51(14,15)59-39-35-47(6,7)55)45(42)50(12,13)58-40-36-48(8,9)61-53/h42-43,45H,19-41,55H2,1-18H3. The van der Waals surface area contributed by atoms with Crippen LogP contribution in [-0.4, -0.2) is 71.7 Å². The first kappa shape index (κ1) is 57.5. The van der Waals surface area contributed by atoms with E-state index in [9.17, 15) is 4.79 Å². The largest absolute Gasteiger partial charge is 0.375 e. The van der Waals surface area contributed by atoms with Crippen LogP contribution in [0.3, 0.4) is 0 Å². The van der Waals surface area contributed by atoms with Crippen LogP contribution >= 0.6 is 0 Å². The quantitative estimate of drug-likeness (QED) is 0.0715. The summed E-state index contributed by atoms with van der Waals surface area (Å²) in [4.78, 5) is 14.4. The fourth-order valence-electron chi connectivity index (χ4n) is 11.4. The fraction of sp³-hybridized carbons (Fsp3) is 0.981. The summed E-state index contributed by atoms with van der Waals surface area (Å²) in [6, 6.07) is 0. The van der Waals surface area contributed by atoms with Gasteiger partial charge in [-0.3, -0.25) is 4.79 Å². The summed E-state index contributed by atoms with van der Waals surface area (Å²) in [5.74, 6) is -1.82. The third-order valence-corrected chi connectivity index (χ3v) is 15.5. The van der Waals surface area contributed by atoms with Crippen molar-refractivity contribution in [2.75, 3.05) is 26.4 Å². The van der Waals surface area contributed by atoms with Gasteiger partial charge in [-0.25, -0.2) is 0 Å². The van der Waals surface area contributed by atoms with E-state index < -0.39 is 34.0 Å². The van der Waals surface area contributed by atoms with E-state index in [1.165, 1.54) is 38.5 Å². The number of nitrogens with two attached hydrogens (primary N) is 1. The second kappa shape index (κ2) is 23.9. The van der Waals surface area contributed by atoms with Crippen LogP contribution in [-0.2, 0) is 33.2 Å². The second-order valence-electron chi connectivity index (χ2n) is 24.2. The predicted octanol–water partition coefficient (Wildman–Crippen LogP) is 14.3. The van der Waals surface area contributed by atoms with Gasteiger partial charge in [-0.15, -0.1) is 0 Å². The molecule has 1 saturated carbocycles. The molecule has 0 aromatic heterocycles. The van der Waals surface area contributed by atoms with Crippen LogP contribution in [0.1, 0.15) is 247 Å². The zero-order chi connectivity index (χ0) is 47.3. The highest BCUT2D eigenvalue weighted by atomic mass is 16.8. The number of carbonyl (C=O) groups excluding carboxylic acids is 1. The van der Waals surface area contributed by atoms with Crippen LogP contribution in [0.2, 0.25) is 0 Å². The van der Waals surface area contributed by atoms with Gasteiger partial charge in [0, 0.05) is 30.4 Å². The molecule has 6 unspecified atom stereocenters. The van der Waals surface area contributed by atoms with Gasteiger partial charge in [-0.05, 0) is 151 Å². The molecule has 2 rings (SSSR count). The van der Waals surface area contributed by atoms with Gasteiger partial charge in [0.25, 0.3) is 0 Å². The van der Waals surface area contributed by atoms with Gasteiger partial charge in [-0.1, -0.05) is 106 Å². The fourth-order valence-corrected chi connectivity index (χ4v) is 11.4. The Morgan fingerprint density at radius 2 is 1.21 bits per heavy atom. The van der Waals surface area contributed by atoms with Crippen LogP contribution in [0.15, 0.2) is 0 Å². The van der Waals surface area contributed by atoms with Crippen molar-refractivity contribution in [3.05, 3.63) is 0 Å². The van der Waals surface area contributed by atoms with E-state index >= 15 is 0 Å². The molecule has 0 spiro atoms. The van der Waals surface area contributed by atoms with Crippen molar-refractivity contribution in [3.8, 4) is 0 Å². The molecule has 0 aromatic carbocycles. The van der Waals surface area contributed by atoms with Gasteiger partial charge >= 0.3 is 0 Å². The zero-order valence-corrected chi connectivity index (χ0v) is 44.4. The average Bonchev–Trinajstić information content (AvgIpc) is 3.48. The minimum atomic E-state index is -1.46. The molecule has 2 N–H and O–H groups in total. The molecule has 0 aromatic rings. The predicted molar refractivity (Wildman–Crippen MR) is 259 cm³/mol. The summed E-state index contributed by atoms with van der Waals surface area (Å²) in [6.45, 7) is 41.7. The lowest BCUT2D eigenvalue weighted by molar-refractivity contribution is -0.361. The van der Waals surface area contributed by atoms with Crippen molar-refractivity contribution in [2.24, 2.45) is 34.3 Å². The molecule has 8 nitrogen and oxygen atoms in total. The summed E-state index contributed by atoms with van der Waals surface area (Å²) in [7, 11) is 0. The number of carbonyl (C=O) groups is 1. The summed E-state index contributed by atoms with van der Waals surface area (Å²) >= 11 is 0. The maximum Gasteiger partial charge on any atom is 0.228 e. The summed E-state index contributed by atoms with van der Waals surface area (Å²) in [5.41, 5.74) is 4.10. The van der Waals surface area contributed by atoms with Gasteiger partial charge in [-0.2, -0.15) is 0 Å². The monoisotopic (exact) mass is 880 g/mol. The smallest absolute Gasteiger partial charge is 0.228 e. The van der Waals surface area contributed by atoms with E-state index in [0.29, 0.717) is 51.6 Å². The highest BCUT2D eigenvalue weighted by Crippen LogP contribution is 2.62. The Labute approximate surface area is 384 Å². The van der Waals surface area contributed by atoms with Gasteiger partial charge in [0.1, 0.15) is 0 Å².